The zero-order valence-corrected chi connectivity index (χ0v) is 9.62. The molecule has 0 saturated carbocycles. The fourth-order valence-corrected chi connectivity index (χ4v) is 2.19. The van der Waals surface area contributed by atoms with Crippen molar-refractivity contribution in [2.75, 3.05) is 19.6 Å². The van der Waals surface area contributed by atoms with E-state index in [9.17, 15) is 0 Å². The highest BCUT2D eigenvalue weighted by Gasteiger charge is 2.36. The molecule has 0 radical (unpaired) electrons. The predicted molar refractivity (Wildman–Crippen MR) is 59.2 cm³/mol. The third-order valence-corrected chi connectivity index (χ3v) is 3.39. The molecule has 0 aromatic rings. The number of ether oxygens (including phenoxy) is 1. The molecule has 0 aromatic carbocycles. The lowest BCUT2D eigenvalue weighted by molar-refractivity contribution is 0.0512. The first-order valence-corrected chi connectivity index (χ1v) is 5.73. The molecule has 4 atom stereocenters. The molecule has 0 aliphatic carbocycles. The van der Waals surface area contributed by atoms with Crippen LogP contribution >= 0.6 is 0 Å². The van der Waals surface area contributed by atoms with Gasteiger partial charge in [0.05, 0.1) is 12.2 Å². The summed E-state index contributed by atoms with van der Waals surface area (Å²) in [5, 5.41) is 3.45. The molecular formula is C11H24N2O. The minimum atomic E-state index is 0.394. The molecule has 0 aromatic heterocycles. The average molecular weight is 200 g/mol. The molecule has 14 heavy (non-hydrogen) atoms. The maximum Gasteiger partial charge on any atom is 0.0594 e. The number of hydrogen-bond acceptors (Lipinski definition) is 3. The van der Waals surface area contributed by atoms with Crippen LogP contribution in [0.1, 0.15) is 27.2 Å². The quantitative estimate of drug-likeness (QED) is 0.650. The van der Waals surface area contributed by atoms with E-state index in [2.05, 4.69) is 26.1 Å². The van der Waals surface area contributed by atoms with Crippen molar-refractivity contribution in [2.45, 2.75) is 39.4 Å². The Morgan fingerprint density at radius 1 is 1.21 bits per heavy atom. The third-order valence-electron chi connectivity index (χ3n) is 3.39. The molecule has 3 N–H and O–H groups in total. The van der Waals surface area contributed by atoms with E-state index in [1.54, 1.807) is 0 Å². The van der Waals surface area contributed by atoms with Crippen molar-refractivity contribution < 1.29 is 4.74 Å². The molecule has 4 unspecified atom stereocenters. The van der Waals surface area contributed by atoms with Gasteiger partial charge in [-0.3, -0.25) is 0 Å². The molecule has 3 nitrogen and oxygen atoms in total. The Morgan fingerprint density at radius 3 is 2.43 bits per heavy atom. The van der Waals surface area contributed by atoms with E-state index in [4.69, 9.17) is 10.5 Å². The predicted octanol–water partition coefficient (Wildman–Crippen LogP) is 0.984. The number of hydrogen-bond donors (Lipinski definition) is 2. The summed E-state index contributed by atoms with van der Waals surface area (Å²) in [6.45, 7) is 9.49. The van der Waals surface area contributed by atoms with Gasteiger partial charge >= 0.3 is 0 Å². The SMILES string of the molecule is CC1OC(C)C(CNCCCN)C1C. The van der Waals surface area contributed by atoms with E-state index in [1.165, 1.54) is 0 Å². The Kier molecular flexibility index (Phi) is 4.85. The fraction of sp³-hybridized carbons (Fsp3) is 1.00. The van der Waals surface area contributed by atoms with E-state index < -0.39 is 0 Å². The number of nitrogens with two attached hydrogens (primary N) is 1. The van der Waals surface area contributed by atoms with E-state index in [-0.39, 0.29) is 0 Å². The Hall–Kier alpha value is -0.120. The molecule has 1 saturated heterocycles. The summed E-state index contributed by atoms with van der Waals surface area (Å²) >= 11 is 0. The summed E-state index contributed by atoms with van der Waals surface area (Å²) in [5.74, 6) is 1.32. The van der Waals surface area contributed by atoms with Crippen LogP contribution in [-0.2, 0) is 4.74 Å². The summed E-state index contributed by atoms with van der Waals surface area (Å²) in [6, 6.07) is 0. The van der Waals surface area contributed by atoms with Crippen molar-refractivity contribution in [2.24, 2.45) is 17.6 Å². The maximum absolute atomic E-state index is 5.78. The molecule has 0 amide bonds. The van der Waals surface area contributed by atoms with Crippen LogP contribution in [0.25, 0.3) is 0 Å². The number of rotatable bonds is 5. The second kappa shape index (κ2) is 5.69. The van der Waals surface area contributed by atoms with Gasteiger partial charge in [0, 0.05) is 12.5 Å². The van der Waals surface area contributed by atoms with Crippen molar-refractivity contribution in [3.8, 4) is 0 Å². The van der Waals surface area contributed by atoms with Crippen LogP contribution in [0, 0.1) is 11.8 Å². The lowest BCUT2D eigenvalue weighted by atomic mass is 9.89. The summed E-state index contributed by atoms with van der Waals surface area (Å²) in [5.41, 5.74) is 5.43. The van der Waals surface area contributed by atoms with Gasteiger partial charge in [-0.1, -0.05) is 6.92 Å². The molecule has 84 valence electrons. The van der Waals surface area contributed by atoms with Crippen LogP contribution in [0.15, 0.2) is 0 Å². The second-order valence-electron chi connectivity index (χ2n) is 4.42. The van der Waals surface area contributed by atoms with Crippen LogP contribution < -0.4 is 11.1 Å². The first-order valence-electron chi connectivity index (χ1n) is 5.73. The summed E-state index contributed by atoms with van der Waals surface area (Å²) in [4.78, 5) is 0. The first-order chi connectivity index (χ1) is 6.66. The van der Waals surface area contributed by atoms with Gasteiger partial charge in [-0.05, 0) is 39.3 Å². The van der Waals surface area contributed by atoms with Crippen molar-refractivity contribution in [1.29, 1.82) is 0 Å². The highest BCUT2D eigenvalue weighted by molar-refractivity contribution is 4.85. The van der Waals surface area contributed by atoms with Gasteiger partial charge in [-0.2, -0.15) is 0 Å². The molecule has 1 aliphatic heterocycles. The molecular weight excluding hydrogens is 176 g/mol. The zero-order chi connectivity index (χ0) is 10.6. The molecule has 0 bridgehead atoms. The maximum atomic E-state index is 5.78. The van der Waals surface area contributed by atoms with Crippen molar-refractivity contribution in [3.05, 3.63) is 0 Å². The van der Waals surface area contributed by atoms with Gasteiger partial charge in [-0.25, -0.2) is 0 Å². The van der Waals surface area contributed by atoms with Crippen LogP contribution in [0.4, 0.5) is 0 Å². The smallest absolute Gasteiger partial charge is 0.0594 e. The Bertz CT molecular complexity index is 163. The van der Waals surface area contributed by atoms with E-state index in [0.717, 1.165) is 26.1 Å². The Labute approximate surface area is 87.4 Å². The average Bonchev–Trinajstić information content (AvgIpc) is 2.38. The normalized spacial score (nSPS) is 37.7. The summed E-state index contributed by atoms with van der Waals surface area (Å²) in [6.07, 6.45) is 1.86. The summed E-state index contributed by atoms with van der Waals surface area (Å²) < 4.78 is 5.78. The monoisotopic (exact) mass is 200 g/mol. The minimum Gasteiger partial charge on any atom is -0.375 e. The van der Waals surface area contributed by atoms with Crippen LogP contribution in [0.5, 0.6) is 0 Å². The molecule has 3 heteroatoms. The second-order valence-corrected chi connectivity index (χ2v) is 4.42. The van der Waals surface area contributed by atoms with Gasteiger partial charge in [-0.15, -0.1) is 0 Å². The van der Waals surface area contributed by atoms with Gasteiger partial charge < -0.3 is 15.8 Å². The van der Waals surface area contributed by atoms with E-state index in [1.807, 2.05) is 0 Å². The Morgan fingerprint density at radius 2 is 1.93 bits per heavy atom. The molecule has 1 fully saturated rings. The first kappa shape index (κ1) is 12.0. The zero-order valence-electron chi connectivity index (χ0n) is 9.62. The standard InChI is InChI=1S/C11H24N2O/c1-8-9(2)14-10(3)11(8)7-13-6-4-5-12/h8-11,13H,4-7,12H2,1-3H3. The van der Waals surface area contributed by atoms with Crippen molar-refractivity contribution >= 4 is 0 Å². The molecule has 1 heterocycles. The largest absolute Gasteiger partial charge is 0.375 e. The topological polar surface area (TPSA) is 47.3 Å². The third kappa shape index (κ3) is 2.94. The van der Waals surface area contributed by atoms with Crippen LogP contribution in [-0.4, -0.2) is 31.8 Å². The minimum absolute atomic E-state index is 0.394. The van der Waals surface area contributed by atoms with Gasteiger partial charge in [0.25, 0.3) is 0 Å². The van der Waals surface area contributed by atoms with Crippen molar-refractivity contribution in [3.63, 3.8) is 0 Å². The fourth-order valence-electron chi connectivity index (χ4n) is 2.19. The highest BCUT2D eigenvalue weighted by atomic mass is 16.5. The lowest BCUT2D eigenvalue weighted by Crippen LogP contribution is -2.31. The highest BCUT2D eigenvalue weighted by Crippen LogP contribution is 2.31. The molecule has 1 rings (SSSR count). The van der Waals surface area contributed by atoms with Crippen LogP contribution in [0.3, 0.4) is 0 Å². The van der Waals surface area contributed by atoms with E-state index >= 15 is 0 Å². The van der Waals surface area contributed by atoms with Crippen LogP contribution in [0.2, 0.25) is 0 Å². The van der Waals surface area contributed by atoms with Crippen molar-refractivity contribution in [1.82, 2.24) is 5.32 Å². The Balaban J connectivity index is 2.22. The van der Waals surface area contributed by atoms with Gasteiger partial charge in [0.2, 0.25) is 0 Å². The number of nitrogens with one attached hydrogen (secondary N) is 1. The molecule has 0 spiro atoms. The summed E-state index contributed by atoms with van der Waals surface area (Å²) in [7, 11) is 0. The van der Waals surface area contributed by atoms with Gasteiger partial charge in [0.15, 0.2) is 0 Å². The van der Waals surface area contributed by atoms with Gasteiger partial charge in [0.1, 0.15) is 0 Å². The lowest BCUT2D eigenvalue weighted by Gasteiger charge is -2.18. The molecule has 1 aliphatic rings. The van der Waals surface area contributed by atoms with E-state index in [0.29, 0.717) is 24.0 Å².